The van der Waals surface area contributed by atoms with Gasteiger partial charge in [-0.15, -0.1) is 0 Å². The third kappa shape index (κ3) is 7.90. The number of aliphatic hydroxyl groups is 4. The van der Waals surface area contributed by atoms with E-state index in [0.717, 1.165) is 38.8 Å². The van der Waals surface area contributed by atoms with Crippen molar-refractivity contribution in [3.63, 3.8) is 0 Å². The first-order chi connectivity index (χ1) is 11.1. The molecule has 1 aromatic rings. The Morgan fingerprint density at radius 3 is 2.22 bits per heavy atom. The number of rotatable bonds is 12. The van der Waals surface area contributed by atoms with E-state index in [-0.39, 0.29) is 0 Å². The Morgan fingerprint density at radius 2 is 1.61 bits per heavy atom. The molecule has 0 heterocycles. The fourth-order valence-electron chi connectivity index (χ4n) is 2.56. The zero-order chi connectivity index (χ0) is 17.1. The minimum Gasteiger partial charge on any atom is -0.394 e. The topological polar surface area (TPSA) is 84.2 Å². The normalized spacial score (nSPS) is 15.6. The lowest BCUT2D eigenvalue weighted by Crippen LogP contribution is -2.46. The Balaban J connectivity index is 2.44. The summed E-state index contributed by atoms with van der Waals surface area (Å²) < 4.78 is 0. The van der Waals surface area contributed by atoms with Crippen LogP contribution < -0.4 is 0 Å². The van der Waals surface area contributed by atoms with Gasteiger partial charge in [-0.05, 0) is 37.9 Å². The predicted molar refractivity (Wildman–Crippen MR) is 91.2 cm³/mol. The summed E-state index contributed by atoms with van der Waals surface area (Å²) in [6.07, 6.45) is 0.343. The third-order valence-corrected chi connectivity index (χ3v) is 4.03. The zero-order valence-electron chi connectivity index (χ0n) is 14.0. The Hall–Kier alpha value is -0.980. The number of benzene rings is 1. The Morgan fingerprint density at radius 1 is 0.957 bits per heavy atom. The van der Waals surface area contributed by atoms with Crippen molar-refractivity contribution in [2.75, 3.05) is 26.2 Å². The molecule has 0 aliphatic carbocycles. The van der Waals surface area contributed by atoms with Crippen molar-refractivity contribution in [3.05, 3.63) is 35.9 Å². The third-order valence-electron chi connectivity index (χ3n) is 4.03. The van der Waals surface area contributed by atoms with Crippen LogP contribution in [0.4, 0.5) is 0 Å². The lowest BCUT2D eigenvalue weighted by molar-refractivity contribution is -0.0841. The van der Waals surface area contributed by atoms with Gasteiger partial charge in [-0.3, -0.25) is 0 Å². The van der Waals surface area contributed by atoms with Gasteiger partial charge in [0.15, 0.2) is 0 Å². The fraction of sp³-hybridized carbons (Fsp3) is 0.667. The Bertz CT molecular complexity index is 401. The van der Waals surface area contributed by atoms with Crippen LogP contribution in [-0.2, 0) is 6.42 Å². The van der Waals surface area contributed by atoms with Crippen LogP contribution >= 0.6 is 0 Å². The second-order valence-electron chi connectivity index (χ2n) is 6.05. The van der Waals surface area contributed by atoms with Gasteiger partial charge in [0.25, 0.3) is 0 Å². The molecule has 0 aliphatic rings. The molecule has 1 rings (SSSR count). The average Bonchev–Trinajstić information content (AvgIpc) is 2.58. The largest absolute Gasteiger partial charge is 0.394 e. The molecule has 1 aromatic carbocycles. The minimum absolute atomic E-state index is 0.299. The smallest absolute Gasteiger partial charge is 0.109 e. The van der Waals surface area contributed by atoms with E-state index in [1.165, 1.54) is 5.56 Å². The van der Waals surface area contributed by atoms with E-state index in [2.05, 4.69) is 24.0 Å². The number of unbranched alkanes of at least 4 members (excludes halogenated alkanes) is 1. The Kier molecular flexibility index (Phi) is 10.1. The molecular weight excluding hydrogens is 294 g/mol. The molecule has 1 unspecified atom stereocenters. The van der Waals surface area contributed by atoms with Gasteiger partial charge in [0, 0.05) is 6.54 Å². The summed E-state index contributed by atoms with van der Waals surface area (Å²) in [7, 11) is 0. The highest BCUT2D eigenvalue weighted by Crippen LogP contribution is 2.08. The first kappa shape index (κ1) is 20.1. The summed E-state index contributed by atoms with van der Waals surface area (Å²) in [6, 6.07) is 10.3. The molecule has 0 saturated carbocycles. The van der Waals surface area contributed by atoms with E-state index in [9.17, 15) is 15.3 Å². The molecule has 0 aromatic heterocycles. The Labute approximate surface area is 139 Å². The fourth-order valence-corrected chi connectivity index (χ4v) is 2.56. The molecule has 5 heteroatoms. The summed E-state index contributed by atoms with van der Waals surface area (Å²) in [4.78, 5) is 2.12. The first-order valence-electron chi connectivity index (χ1n) is 8.49. The van der Waals surface area contributed by atoms with E-state index < -0.39 is 24.9 Å². The van der Waals surface area contributed by atoms with Crippen molar-refractivity contribution in [3.8, 4) is 0 Å². The van der Waals surface area contributed by atoms with E-state index in [1.807, 2.05) is 18.2 Å². The number of hydrogen-bond donors (Lipinski definition) is 4. The van der Waals surface area contributed by atoms with Crippen molar-refractivity contribution >= 4 is 0 Å². The molecule has 132 valence electrons. The van der Waals surface area contributed by atoms with Crippen molar-refractivity contribution in [1.29, 1.82) is 0 Å². The highest BCUT2D eigenvalue weighted by molar-refractivity contribution is 5.14. The van der Waals surface area contributed by atoms with Crippen molar-refractivity contribution in [1.82, 2.24) is 4.90 Å². The maximum absolute atomic E-state index is 10.0. The average molecular weight is 325 g/mol. The van der Waals surface area contributed by atoms with Crippen LogP contribution in [0, 0.1) is 0 Å². The van der Waals surface area contributed by atoms with E-state index >= 15 is 0 Å². The van der Waals surface area contributed by atoms with Gasteiger partial charge in [-0.25, -0.2) is 0 Å². The van der Waals surface area contributed by atoms with Gasteiger partial charge in [-0.1, -0.05) is 43.7 Å². The van der Waals surface area contributed by atoms with Crippen LogP contribution in [0.15, 0.2) is 30.3 Å². The van der Waals surface area contributed by atoms with Gasteiger partial charge in [0.2, 0.25) is 0 Å². The number of nitrogens with zero attached hydrogens (tertiary/aromatic N) is 1. The predicted octanol–water partition coefficient (Wildman–Crippen LogP) is 0.796. The van der Waals surface area contributed by atoms with Crippen LogP contribution in [0.5, 0.6) is 0 Å². The number of aliphatic hydroxyl groups excluding tert-OH is 4. The van der Waals surface area contributed by atoms with Gasteiger partial charge in [0.1, 0.15) is 12.2 Å². The van der Waals surface area contributed by atoms with Gasteiger partial charge < -0.3 is 25.3 Å². The van der Waals surface area contributed by atoms with Crippen LogP contribution in [0.3, 0.4) is 0 Å². The number of aryl methyl sites for hydroxylation is 1. The maximum atomic E-state index is 10.0. The van der Waals surface area contributed by atoms with Gasteiger partial charge in [0.05, 0.1) is 12.7 Å². The molecule has 4 N–H and O–H groups in total. The second-order valence-corrected chi connectivity index (χ2v) is 6.05. The molecule has 0 saturated heterocycles. The molecule has 0 radical (unpaired) electrons. The maximum Gasteiger partial charge on any atom is 0.109 e. The molecule has 0 fully saturated rings. The summed E-state index contributed by atoms with van der Waals surface area (Å²) in [5.74, 6) is 0. The van der Waals surface area contributed by atoms with Crippen molar-refractivity contribution in [2.24, 2.45) is 0 Å². The lowest BCUT2D eigenvalue weighted by atomic mass is 10.1. The van der Waals surface area contributed by atoms with Crippen LogP contribution in [0.2, 0.25) is 0 Å². The van der Waals surface area contributed by atoms with E-state index in [1.54, 1.807) is 0 Å². The summed E-state index contributed by atoms with van der Waals surface area (Å²) >= 11 is 0. The SMILES string of the molecule is CCCCN(CCCc1ccccc1)C[C@H](O)[C@@H](O)C(O)CO. The summed E-state index contributed by atoms with van der Waals surface area (Å²) in [5, 5.41) is 38.1. The summed E-state index contributed by atoms with van der Waals surface area (Å²) in [6.45, 7) is 3.54. The van der Waals surface area contributed by atoms with Gasteiger partial charge in [-0.2, -0.15) is 0 Å². The molecule has 3 atom stereocenters. The highest BCUT2D eigenvalue weighted by atomic mass is 16.4. The summed E-state index contributed by atoms with van der Waals surface area (Å²) in [5.41, 5.74) is 1.29. The van der Waals surface area contributed by atoms with E-state index in [4.69, 9.17) is 5.11 Å². The minimum atomic E-state index is -1.32. The van der Waals surface area contributed by atoms with Gasteiger partial charge >= 0.3 is 0 Å². The van der Waals surface area contributed by atoms with Crippen LogP contribution in [-0.4, -0.2) is 69.9 Å². The molecular formula is C18H31NO4. The van der Waals surface area contributed by atoms with Crippen LogP contribution in [0.1, 0.15) is 31.7 Å². The first-order valence-corrected chi connectivity index (χ1v) is 8.49. The molecule has 0 aliphatic heterocycles. The molecule has 0 amide bonds. The standard InChI is InChI=1S/C18H31NO4/c1-2-3-11-19(13-16(21)18(23)17(22)14-20)12-7-10-15-8-5-4-6-9-15/h4-6,8-9,16-18,20-23H,2-3,7,10-14H2,1H3/t16-,17?,18+/m0/s1. The van der Waals surface area contributed by atoms with Crippen LogP contribution in [0.25, 0.3) is 0 Å². The molecule has 0 bridgehead atoms. The number of hydrogen-bond acceptors (Lipinski definition) is 5. The second kappa shape index (κ2) is 11.5. The van der Waals surface area contributed by atoms with E-state index in [0.29, 0.717) is 6.54 Å². The highest BCUT2D eigenvalue weighted by Gasteiger charge is 2.25. The molecule has 0 spiro atoms. The quantitative estimate of drug-likeness (QED) is 0.457. The van der Waals surface area contributed by atoms with Crippen molar-refractivity contribution < 1.29 is 20.4 Å². The van der Waals surface area contributed by atoms with Crippen molar-refractivity contribution in [2.45, 2.75) is 50.9 Å². The lowest BCUT2D eigenvalue weighted by Gasteiger charge is -2.28. The molecule has 5 nitrogen and oxygen atoms in total. The zero-order valence-corrected chi connectivity index (χ0v) is 14.0. The molecule has 23 heavy (non-hydrogen) atoms. The monoisotopic (exact) mass is 325 g/mol.